The standard InChI is InChI=1S/C18H31N5O2/c1-21-18(25)23-14-15(8-9-16(23)20-21)17(24)19-10-4-7-13-22-11-5-2-3-6-12-22/h15H,2-14H2,1H3,(H,19,24)/t15-/m1/s1. The molecule has 1 fully saturated rings. The summed E-state index contributed by atoms with van der Waals surface area (Å²) in [4.78, 5) is 26.9. The number of carbonyl (C=O) groups is 1. The first-order valence-corrected chi connectivity index (χ1v) is 9.78. The third kappa shape index (κ3) is 4.71. The molecule has 1 N–H and O–H groups in total. The molecule has 2 aliphatic rings. The van der Waals surface area contributed by atoms with E-state index in [1.54, 1.807) is 11.6 Å². The van der Waals surface area contributed by atoms with Gasteiger partial charge in [-0.25, -0.2) is 9.48 Å². The average Bonchev–Trinajstić information content (AvgIpc) is 2.80. The van der Waals surface area contributed by atoms with Crippen LogP contribution >= 0.6 is 0 Å². The lowest BCUT2D eigenvalue weighted by atomic mass is 9.98. The summed E-state index contributed by atoms with van der Waals surface area (Å²) in [5, 5.41) is 7.27. The smallest absolute Gasteiger partial charge is 0.345 e. The Balaban J connectivity index is 1.35. The number of likely N-dealkylation sites (tertiary alicyclic amines) is 1. The van der Waals surface area contributed by atoms with Crippen LogP contribution in [0.25, 0.3) is 0 Å². The van der Waals surface area contributed by atoms with Gasteiger partial charge in [0.2, 0.25) is 5.91 Å². The number of aryl methyl sites for hydroxylation is 2. The van der Waals surface area contributed by atoms with Gasteiger partial charge in [-0.15, -0.1) is 0 Å². The van der Waals surface area contributed by atoms with Crippen LogP contribution in [0.4, 0.5) is 0 Å². The van der Waals surface area contributed by atoms with Gasteiger partial charge < -0.3 is 10.2 Å². The molecule has 0 unspecified atom stereocenters. The summed E-state index contributed by atoms with van der Waals surface area (Å²) in [6.07, 6.45) is 9.02. The van der Waals surface area contributed by atoms with Crippen molar-refractivity contribution in [2.75, 3.05) is 26.2 Å². The molecule has 0 aromatic carbocycles. The van der Waals surface area contributed by atoms with Crippen molar-refractivity contribution in [1.82, 2.24) is 24.6 Å². The highest BCUT2D eigenvalue weighted by Gasteiger charge is 2.27. The number of hydrogen-bond donors (Lipinski definition) is 1. The summed E-state index contributed by atoms with van der Waals surface area (Å²) in [6, 6.07) is 0. The van der Waals surface area contributed by atoms with Crippen LogP contribution in [0, 0.1) is 5.92 Å². The predicted octanol–water partition coefficient (Wildman–Crippen LogP) is 0.917. The van der Waals surface area contributed by atoms with Crippen LogP contribution in [0.2, 0.25) is 0 Å². The SMILES string of the molecule is Cn1nc2n(c1=O)C[C@H](C(=O)NCCCCN1CCCCCC1)CC2. The van der Waals surface area contributed by atoms with Crippen LogP contribution in [-0.2, 0) is 24.8 Å². The maximum Gasteiger partial charge on any atom is 0.345 e. The van der Waals surface area contributed by atoms with Gasteiger partial charge in [-0.2, -0.15) is 5.10 Å². The van der Waals surface area contributed by atoms with E-state index in [0.717, 1.165) is 38.2 Å². The average molecular weight is 349 g/mol. The van der Waals surface area contributed by atoms with Gasteiger partial charge in [-0.3, -0.25) is 9.36 Å². The highest BCUT2D eigenvalue weighted by molar-refractivity contribution is 5.78. The molecule has 0 spiro atoms. The monoisotopic (exact) mass is 349 g/mol. The number of nitrogens with zero attached hydrogens (tertiary/aromatic N) is 4. The minimum Gasteiger partial charge on any atom is -0.356 e. The van der Waals surface area contributed by atoms with Gasteiger partial charge in [0.1, 0.15) is 5.82 Å². The largest absolute Gasteiger partial charge is 0.356 e. The normalized spacial score (nSPS) is 21.6. The van der Waals surface area contributed by atoms with E-state index < -0.39 is 0 Å². The van der Waals surface area contributed by atoms with E-state index in [-0.39, 0.29) is 17.5 Å². The number of aromatic nitrogens is 3. The van der Waals surface area contributed by atoms with E-state index in [0.29, 0.717) is 13.0 Å². The second-order valence-electron chi connectivity index (χ2n) is 7.42. The van der Waals surface area contributed by atoms with Crippen molar-refractivity contribution in [3.63, 3.8) is 0 Å². The van der Waals surface area contributed by atoms with Crippen molar-refractivity contribution >= 4 is 5.91 Å². The molecule has 3 rings (SSSR count). The molecule has 0 aliphatic carbocycles. The number of hydrogen-bond acceptors (Lipinski definition) is 4. The van der Waals surface area contributed by atoms with E-state index in [4.69, 9.17) is 0 Å². The zero-order valence-corrected chi connectivity index (χ0v) is 15.4. The number of nitrogens with one attached hydrogen (secondary N) is 1. The van der Waals surface area contributed by atoms with Gasteiger partial charge in [-0.05, 0) is 51.7 Å². The molecule has 0 radical (unpaired) electrons. The van der Waals surface area contributed by atoms with Crippen molar-refractivity contribution < 1.29 is 4.79 Å². The number of fused-ring (bicyclic) bond motifs is 1. The molecule has 25 heavy (non-hydrogen) atoms. The minimum absolute atomic E-state index is 0.0798. The maximum absolute atomic E-state index is 12.4. The molecule has 7 nitrogen and oxygen atoms in total. The quantitative estimate of drug-likeness (QED) is 0.775. The topological polar surface area (TPSA) is 72.2 Å². The summed E-state index contributed by atoms with van der Waals surface area (Å²) in [5.41, 5.74) is -0.120. The van der Waals surface area contributed by atoms with Crippen molar-refractivity contribution in [2.45, 2.75) is 57.9 Å². The Kier molecular flexibility index (Phi) is 6.29. The molecule has 140 valence electrons. The van der Waals surface area contributed by atoms with Crippen LogP contribution in [0.5, 0.6) is 0 Å². The fourth-order valence-electron chi connectivity index (χ4n) is 3.93. The molecule has 1 amide bonds. The fraction of sp³-hybridized carbons (Fsp3) is 0.833. The molecule has 1 saturated heterocycles. The molecule has 1 aromatic rings. The van der Waals surface area contributed by atoms with Crippen molar-refractivity contribution in [3.8, 4) is 0 Å². The number of amides is 1. The van der Waals surface area contributed by atoms with Crippen LogP contribution < -0.4 is 11.0 Å². The molecule has 0 bridgehead atoms. The van der Waals surface area contributed by atoms with Gasteiger partial charge in [0.05, 0.1) is 5.92 Å². The lowest BCUT2D eigenvalue weighted by Crippen LogP contribution is -2.39. The Morgan fingerprint density at radius 3 is 2.72 bits per heavy atom. The van der Waals surface area contributed by atoms with Gasteiger partial charge in [-0.1, -0.05) is 12.8 Å². The minimum atomic E-state index is -0.120. The maximum atomic E-state index is 12.4. The molecular weight excluding hydrogens is 318 g/mol. The van der Waals surface area contributed by atoms with E-state index in [2.05, 4.69) is 15.3 Å². The Hall–Kier alpha value is -1.63. The lowest BCUT2D eigenvalue weighted by Gasteiger charge is -2.22. The Morgan fingerprint density at radius 1 is 1.20 bits per heavy atom. The van der Waals surface area contributed by atoms with E-state index >= 15 is 0 Å². The Morgan fingerprint density at radius 2 is 1.96 bits per heavy atom. The highest BCUT2D eigenvalue weighted by Crippen LogP contribution is 2.17. The number of rotatable bonds is 6. The van der Waals surface area contributed by atoms with Gasteiger partial charge in [0.15, 0.2) is 0 Å². The van der Waals surface area contributed by atoms with Crippen LogP contribution in [0.3, 0.4) is 0 Å². The van der Waals surface area contributed by atoms with Gasteiger partial charge >= 0.3 is 5.69 Å². The molecule has 3 heterocycles. The molecule has 1 atom stereocenters. The Labute approximate surface area is 149 Å². The Bertz CT molecular complexity index is 628. The zero-order chi connectivity index (χ0) is 17.6. The third-order valence-corrected chi connectivity index (χ3v) is 5.47. The molecule has 0 saturated carbocycles. The van der Waals surface area contributed by atoms with E-state index in [9.17, 15) is 9.59 Å². The van der Waals surface area contributed by atoms with Gasteiger partial charge in [0, 0.05) is 26.6 Å². The summed E-state index contributed by atoms with van der Waals surface area (Å²) < 4.78 is 3.01. The van der Waals surface area contributed by atoms with E-state index in [1.165, 1.54) is 43.5 Å². The summed E-state index contributed by atoms with van der Waals surface area (Å²) >= 11 is 0. The van der Waals surface area contributed by atoms with Crippen LogP contribution in [0.1, 0.15) is 50.8 Å². The first-order valence-electron chi connectivity index (χ1n) is 9.78. The van der Waals surface area contributed by atoms with E-state index in [1.807, 2.05) is 0 Å². The van der Waals surface area contributed by atoms with Crippen molar-refractivity contribution in [3.05, 3.63) is 16.3 Å². The number of carbonyl (C=O) groups excluding carboxylic acids is 1. The van der Waals surface area contributed by atoms with Crippen molar-refractivity contribution in [1.29, 1.82) is 0 Å². The summed E-state index contributed by atoms with van der Waals surface area (Å²) in [7, 11) is 1.66. The van der Waals surface area contributed by atoms with Crippen LogP contribution in [-0.4, -0.2) is 51.3 Å². The molecular formula is C18H31N5O2. The first-order chi connectivity index (χ1) is 12.1. The highest BCUT2D eigenvalue weighted by atomic mass is 16.2. The fourth-order valence-corrected chi connectivity index (χ4v) is 3.93. The number of unbranched alkanes of at least 4 members (excludes halogenated alkanes) is 1. The second-order valence-corrected chi connectivity index (χ2v) is 7.42. The molecule has 2 aliphatic heterocycles. The van der Waals surface area contributed by atoms with Crippen LogP contribution in [0.15, 0.2) is 4.79 Å². The second kappa shape index (κ2) is 8.65. The summed E-state index contributed by atoms with van der Waals surface area (Å²) in [5.74, 6) is 0.769. The van der Waals surface area contributed by atoms with Crippen molar-refractivity contribution in [2.24, 2.45) is 13.0 Å². The molecule has 7 heteroatoms. The third-order valence-electron chi connectivity index (χ3n) is 5.47. The summed E-state index contributed by atoms with van der Waals surface area (Å²) in [6.45, 7) is 4.81. The van der Waals surface area contributed by atoms with Gasteiger partial charge in [0.25, 0.3) is 0 Å². The first kappa shape index (κ1) is 18.2. The predicted molar refractivity (Wildman–Crippen MR) is 96.4 cm³/mol. The zero-order valence-electron chi connectivity index (χ0n) is 15.4. The lowest BCUT2D eigenvalue weighted by molar-refractivity contribution is -0.125. The molecule has 1 aromatic heterocycles.